The van der Waals surface area contributed by atoms with E-state index in [0.717, 1.165) is 11.3 Å². The number of rotatable bonds is 4. The summed E-state index contributed by atoms with van der Waals surface area (Å²) < 4.78 is 5.22. The Bertz CT molecular complexity index is 770. The van der Waals surface area contributed by atoms with Crippen LogP contribution in [0.4, 0.5) is 5.69 Å². The van der Waals surface area contributed by atoms with Crippen molar-refractivity contribution in [3.63, 3.8) is 0 Å². The molecular weight excluding hydrogens is 300 g/mol. The van der Waals surface area contributed by atoms with Crippen molar-refractivity contribution >= 4 is 11.6 Å². The Morgan fingerprint density at radius 2 is 1.79 bits per heavy atom. The molecule has 0 fully saturated rings. The van der Waals surface area contributed by atoms with Gasteiger partial charge in [-0.3, -0.25) is 4.79 Å². The topological polar surface area (TPSA) is 41.6 Å². The summed E-state index contributed by atoms with van der Waals surface area (Å²) in [5.74, 6) is 0.0454. The van der Waals surface area contributed by atoms with Gasteiger partial charge in [0.15, 0.2) is 0 Å². The number of hydrogen-bond acceptors (Lipinski definition) is 3. The number of aryl methyl sites for hydroxylation is 3. The minimum absolute atomic E-state index is 0.0454. The van der Waals surface area contributed by atoms with Crippen LogP contribution in [0.25, 0.3) is 0 Å². The number of carbonyl (C=O) groups is 1. The second-order valence-electron chi connectivity index (χ2n) is 6.38. The number of amides is 1. The molecule has 4 nitrogen and oxygen atoms in total. The highest BCUT2D eigenvalue weighted by molar-refractivity contribution is 6.01. The summed E-state index contributed by atoms with van der Waals surface area (Å²) in [5.41, 5.74) is 6.42. The molecule has 0 bridgehead atoms. The Balaban J connectivity index is 2.07. The fourth-order valence-corrected chi connectivity index (χ4v) is 3.24. The minimum atomic E-state index is -0.179. The molecule has 1 aliphatic heterocycles. The maximum atomic E-state index is 13.0. The summed E-state index contributed by atoms with van der Waals surface area (Å²) in [4.78, 5) is 14.9. The van der Waals surface area contributed by atoms with E-state index < -0.39 is 0 Å². The molecule has 2 aromatic rings. The van der Waals surface area contributed by atoms with Gasteiger partial charge in [0.1, 0.15) is 6.17 Å². The minimum Gasteiger partial charge on any atom is -0.383 e. The van der Waals surface area contributed by atoms with Crippen LogP contribution in [-0.4, -0.2) is 31.1 Å². The van der Waals surface area contributed by atoms with Gasteiger partial charge in [-0.15, -0.1) is 0 Å². The number of carbonyl (C=O) groups excluding carboxylic acids is 1. The number of nitrogens with zero attached hydrogens (tertiary/aromatic N) is 1. The molecule has 3 rings (SSSR count). The molecule has 24 heavy (non-hydrogen) atoms. The third-order valence-electron chi connectivity index (χ3n) is 4.74. The predicted molar refractivity (Wildman–Crippen MR) is 96.4 cm³/mol. The Hall–Kier alpha value is -2.33. The molecule has 0 spiro atoms. The first-order valence-electron chi connectivity index (χ1n) is 8.26. The van der Waals surface area contributed by atoms with Crippen LogP contribution in [-0.2, 0) is 4.74 Å². The first-order valence-corrected chi connectivity index (χ1v) is 8.26. The van der Waals surface area contributed by atoms with E-state index in [1.54, 1.807) is 7.11 Å². The average Bonchev–Trinajstić information content (AvgIpc) is 2.57. The predicted octanol–water partition coefficient (Wildman–Crippen LogP) is 3.82. The Labute approximate surface area is 143 Å². The number of fused-ring (bicyclic) bond motifs is 1. The molecule has 0 unspecified atom stereocenters. The van der Waals surface area contributed by atoms with Crippen LogP contribution in [0.1, 0.15) is 38.8 Å². The van der Waals surface area contributed by atoms with Gasteiger partial charge in [-0.05, 0) is 55.2 Å². The molecule has 1 atom stereocenters. The summed E-state index contributed by atoms with van der Waals surface area (Å²) >= 11 is 0. The highest BCUT2D eigenvalue weighted by atomic mass is 16.5. The van der Waals surface area contributed by atoms with Crippen LogP contribution >= 0.6 is 0 Å². The third kappa shape index (κ3) is 2.89. The molecular formula is C20H24N2O2. The van der Waals surface area contributed by atoms with Crippen molar-refractivity contribution in [3.05, 3.63) is 64.2 Å². The second-order valence-corrected chi connectivity index (χ2v) is 6.38. The van der Waals surface area contributed by atoms with Crippen LogP contribution in [0.15, 0.2) is 36.4 Å². The molecule has 126 valence electrons. The lowest BCUT2D eigenvalue weighted by Gasteiger charge is -2.39. The largest absolute Gasteiger partial charge is 0.383 e. The summed E-state index contributed by atoms with van der Waals surface area (Å²) in [6.07, 6.45) is -0.179. The zero-order valence-electron chi connectivity index (χ0n) is 14.7. The summed E-state index contributed by atoms with van der Waals surface area (Å²) in [7, 11) is 1.66. The van der Waals surface area contributed by atoms with E-state index in [1.165, 1.54) is 16.7 Å². The number of nitrogens with one attached hydrogen (secondary N) is 1. The van der Waals surface area contributed by atoms with E-state index in [-0.39, 0.29) is 12.1 Å². The Morgan fingerprint density at radius 1 is 1.08 bits per heavy atom. The number of hydrogen-bond donors (Lipinski definition) is 1. The summed E-state index contributed by atoms with van der Waals surface area (Å²) in [5, 5.41) is 3.54. The third-order valence-corrected chi connectivity index (χ3v) is 4.74. The standard InChI is InChI=1S/C20H24N2O2/c1-13-11-15(3)17(12-14(13)2)19-21-18-8-6-5-7-16(18)20(23)22(19)9-10-24-4/h5-8,11-12,19,21H,9-10H2,1-4H3/t19-/m1/s1. The van der Waals surface area contributed by atoms with Gasteiger partial charge in [-0.2, -0.15) is 0 Å². The zero-order valence-corrected chi connectivity index (χ0v) is 14.7. The van der Waals surface area contributed by atoms with Gasteiger partial charge >= 0.3 is 0 Å². The van der Waals surface area contributed by atoms with Crippen LogP contribution in [0, 0.1) is 20.8 Å². The summed E-state index contributed by atoms with van der Waals surface area (Å²) in [6.45, 7) is 7.38. The molecule has 0 aromatic heterocycles. The molecule has 0 radical (unpaired) electrons. The Kier molecular flexibility index (Phi) is 4.58. The zero-order chi connectivity index (χ0) is 17.3. The van der Waals surface area contributed by atoms with Gasteiger partial charge in [0.25, 0.3) is 5.91 Å². The maximum Gasteiger partial charge on any atom is 0.257 e. The molecule has 0 saturated heterocycles. The van der Waals surface area contributed by atoms with Crippen molar-refractivity contribution < 1.29 is 9.53 Å². The fraction of sp³-hybridized carbons (Fsp3) is 0.350. The molecule has 1 N–H and O–H groups in total. The van der Waals surface area contributed by atoms with Crippen molar-refractivity contribution in [1.82, 2.24) is 4.90 Å². The average molecular weight is 324 g/mol. The second kappa shape index (κ2) is 6.65. The van der Waals surface area contributed by atoms with Gasteiger partial charge in [-0.1, -0.05) is 24.3 Å². The van der Waals surface area contributed by atoms with E-state index in [2.05, 4.69) is 38.2 Å². The molecule has 2 aromatic carbocycles. The normalized spacial score (nSPS) is 16.8. The lowest BCUT2D eigenvalue weighted by atomic mass is 9.96. The van der Waals surface area contributed by atoms with Crippen LogP contribution in [0.5, 0.6) is 0 Å². The molecule has 1 heterocycles. The highest BCUT2D eigenvalue weighted by Crippen LogP contribution is 2.34. The van der Waals surface area contributed by atoms with Gasteiger partial charge in [0.2, 0.25) is 0 Å². The van der Waals surface area contributed by atoms with Crippen molar-refractivity contribution in [1.29, 1.82) is 0 Å². The molecule has 1 aliphatic rings. The van der Waals surface area contributed by atoms with E-state index >= 15 is 0 Å². The quantitative estimate of drug-likeness (QED) is 0.929. The van der Waals surface area contributed by atoms with Crippen molar-refractivity contribution in [2.75, 3.05) is 25.6 Å². The van der Waals surface area contributed by atoms with Gasteiger partial charge < -0.3 is 15.0 Å². The van der Waals surface area contributed by atoms with Crippen molar-refractivity contribution in [2.24, 2.45) is 0 Å². The molecule has 0 aliphatic carbocycles. The first kappa shape index (κ1) is 16.5. The van der Waals surface area contributed by atoms with Crippen molar-refractivity contribution in [2.45, 2.75) is 26.9 Å². The number of ether oxygens (including phenoxy) is 1. The van der Waals surface area contributed by atoms with E-state index in [4.69, 9.17) is 4.74 Å². The number of benzene rings is 2. The molecule has 0 saturated carbocycles. The monoisotopic (exact) mass is 324 g/mol. The van der Waals surface area contributed by atoms with Gasteiger partial charge in [0.05, 0.1) is 12.2 Å². The van der Waals surface area contributed by atoms with Gasteiger partial charge in [0, 0.05) is 19.3 Å². The van der Waals surface area contributed by atoms with Crippen LogP contribution in [0.2, 0.25) is 0 Å². The number of para-hydroxylation sites is 1. The molecule has 4 heteroatoms. The van der Waals surface area contributed by atoms with E-state index in [9.17, 15) is 4.79 Å². The lowest BCUT2D eigenvalue weighted by Crippen LogP contribution is -2.44. The smallest absolute Gasteiger partial charge is 0.257 e. The highest BCUT2D eigenvalue weighted by Gasteiger charge is 2.33. The lowest BCUT2D eigenvalue weighted by molar-refractivity contribution is 0.0609. The van der Waals surface area contributed by atoms with E-state index in [0.29, 0.717) is 18.7 Å². The first-order chi connectivity index (χ1) is 11.5. The maximum absolute atomic E-state index is 13.0. The van der Waals surface area contributed by atoms with Crippen LogP contribution in [0.3, 0.4) is 0 Å². The number of methoxy groups -OCH3 is 1. The number of anilines is 1. The van der Waals surface area contributed by atoms with Crippen LogP contribution < -0.4 is 5.32 Å². The molecule has 1 amide bonds. The SMILES string of the molecule is COCCN1C(=O)c2ccccc2N[C@H]1c1cc(C)c(C)cc1C. The summed E-state index contributed by atoms with van der Waals surface area (Å²) in [6, 6.07) is 12.1. The van der Waals surface area contributed by atoms with Crippen molar-refractivity contribution in [3.8, 4) is 0 Å². The fourth-order valence-electron chi connectivity index (χ4n) is 3.24. The van der Waals surface area contributed by atoms with Gasteiger partial charge in [-0.25, -0.2) is 0 Å². The van der Waals surface area contributed by atoms with E-state index in [1.807, 2.05) is 29.2 Å². The Morgan fingerprint density at radius 3 is 2.54 bits per heavy atom.